The van der Waals surface area contributed by atoms with Gasteiger partial charge in [0.05, 0.1) is 5.69 Å². The van der Waals surface area contributed by atoms with Gasteiger partial charge in [-0.1, -0.05) is 65.8 Å². The Morgan fingerprint density at radius 1 is 0.867 bits per heavy atom. The van der Waals surface area contributed by atoms with Crippen LogP contribution in [0.3, 0.4) is 0 Å². The molecule has 4 heteroatoms. The minimum atomic E-state index is 0.739. The highest BCUT2D eigenvalue weighted by molar-refractivity contribution is 14.1. The Labute approximate surface area is 185 Å². The number of hydrogen-bond acceptors (Lipinski definition) is 1. The van der Waals surface area contributed by atoms with Gasteiger partial charge in [-0.25, -0.2) is 0 Å². The first-order chi connectivity index (χ1) is 14.8. The molecule has 0 aliphatic heterocycles. The summed E-state index contributed by atoms with van der Waals surface area (Å²) < 4.78 is 1.04. The van der Waals surface area contributed by atoms with Crippen LogP contribution >= 0.6 is 22.6 Å². The van der Waals surface area contributed by atoms with Crippen molar-refractivity contribution in [3.05, 3.63) is 85.3 Å². The van der Waals surface area contributed by atoms with E-state index in [1.54, 1.807) is 0 Å². The lowest BCUT2D eigenvalue weighted by Crippen LogP contribution is -2.05. The zero-order valence-electron chi connectivity index (χ0n) is 15.9. The highest BCUT2D eigenvalue weighted by Gasteiger charge is 2.26. The highest BCUT2D eigenvalue weighted by atomic mass is 127. The molecule has 3 nitrogen and oxygen atoms in total. The maximum absolute atomic E-state index is 9.30. The zero-order chi connectivity index (χ0) is 20.0. The Balaban J connectivity index is 1.87. The number of benzene rings is 5. The monoisotopic (exact) mass is 495 g/mol. The molecule has 0 unspecified atom stereocenters. The fraction of sp³-hybridized carbons (Fsp3) is 0.0769. The average Bonchev–Trinajstić information content (AvgIpc) is 2.79. The predicted octanol–water partition coefficient (Wildman–Crippen LogP) is 8.64. The summed E-state index contributed by atoms with van der Waals surface area (Å²) in [5.74, 6) is 0. The van der Waals surface area contributed by atoms with Gasteiger partial charge in [0.25, 0.3) is 0 Å². The van der Waals surface area contributed by atoms with Crippen LogP contribution in [0.5, 0.6) is 0 Å². The summed E-state index contributed by atoms with van der Waals surface area (Å²) in [5.41, 5.74) is 15.6. The average molecular weight is 495 g/mol. The molecule has 0 spiro atoms. The quantitative estimate of drug-likeness (QED) is 0.0558. The van der Waals surface area contributed by atoms with Gasteiger partial charge >= 0.3 is 0 Å². The number of hydrogen-bond donors (Lipinski definition) is 0. The second kappa shape index (κ2) is 5.75. The summed E-state index contributed by atoms with van der Waals surface area (Å²) in [6.45, 7) is 0. The fourth-order valence-corrected chi connectivity index (χ4v) is 6.59. The van der Waals surface area contributed by atoms with Gasteiger partial charge in [-0.15, -0.1) is 0 Å². The molecule has 0 fully saturated rings. The smallest absolute Gasteiger partial charge is 0.0594 e. The lowest BCUT2D eigenvalue weighted by molar-refractivity contribution is 1.25. The number of azide groups is 1. The lowest BCUT2D eigenvalue weighted by Gasteiger charge is -2.27. The molecular weight excluding hydrogens is 481 g/mol. The SMILES string of the molecule is [N-]=[N+]=Nc1c(I)c2c3ccc4c5c3c(c3ccc6cccc1c6c32)CC=C5CC=C4. The molecule has 0 N–H and O–H groups in total. The number of allylic oxidation sites excluding steroid dienone is 3. The third-order valence-corrected chi connectivity index (χ3v) is 7.82. The van der Waals surface area contributed by atoms with E-state index in [-0.39, 0.29) is 0 Å². The van der Waals surface area contributed by atoms with Crippen molar-refractivity contribution >= 4 is 83.0 Å². The van der Waals surface area contributed by atoms with E-state index in [1.807, 2.05) is 6.07 Å². The van der Waals surface area contributed by atoms with E-state index >= 15 is 0 Å². The van der Waals surface area contributed by atoms with Crippen molar-refractivity contribution in [3.8, 4) is 0 Å². The molecule has 0 aromatic heterocycles. The van der Waals surface area contributed by atoms with Crippen LogP contribution in [0, 0.1) is 3.57 Å². The Morgan fingerprint density at radius 3 is 2.67 bits per heavy atom. The summed E-state index contributed by atoms with van der Waals surface area (Å²) in [5, 5.41) is 14.1. The molecule has 0 bridgehead atoms. The molecule has 7 rings (SSSR count). The standard InChI is InChI=1S/C26H14IN3/c27-25-24-18-12-9-14-4-1-3-13-7-10-16(22(18)20(13)14)17-11-8-15-5-2-6-19(21(15)23(17)24)26(25)29-30-28/h1-2,4-9,11-12H,3,10H2. The van der Waals surface area contributed by atoms with Gasteiger partial charge in [0.1, 0.15) is 0 Å². The molecular formula is C26H14IN3. The maximum Gasteiger partial charge on any atom is 0.0594 e. The van der Waals surface area contributed by atoms with Crippen LogP contribution in [0.15, 0.2) is 59.7 Å². The molecule has 30 heavy (non-hydrogen) atoms. The summed E-state index contributed by atoms with van der Waals surface area (Å²) in [6.07, 6.45) is 8.89. The molecule has 5 aromatic rings. The van der Waals surface area contributed by atoms with Crippen molar-refractivity contribution in [2.75, 3.05) is 0 Å². The van der Waals surface area contributed by atoms with Crippen LogP contribution < -0.4 is 0 Å². The minimum absolute atomic E-state index is 0.739. The van der Waals surface area contributed by atoms with Gasteiger partial charge in [0.15, 0.2) is 0 Å². The third-order valence-electron chi connectivity index (χ3n) is 6.77. The van der Waals surface area contributed by atoms with Gasteiger partial charge in [-0.3, -0.25) is 0 Å². The molecule has 2 aliphatic carbocycles. The molecule has 0 saturated heterocycles. The van der Waals surface area contributed by atoms with Crippen molar-refractivity contribution < 1.29 is 0 Å². The van der Waals surface area contributed by atoms with E-state index in [4.69, 9.17) is 0 Å². The Kier molecular flexibility index (Phi) is 3.20. The van der Waals surface area contributed by atoms with Crippen LogP contribution in [0.2, 0.25) is 0 Å². The molecule has 0 amide bonds. The zero-order valence-corrected chi connectivity index (χ0v) is 18.1. The van der Waals surface area contributed by atoms with Gasteiger partial charge in [-0.05, 0) is 101 Å². The molecule has 5 aromatic carbocycles. The summed E-state index contributed by atoms with van der Waals surface area (Å²) >= 11 is 2.38. The van der Waals surface area contributed by atoms with Crippen LogP contribution in [0.4, 0.5) is 5.69 Å². The second-order valence-corrected chi connectivity index (χ2v) is 9.17. The van der Waals surface area contributed by atoms with Crippen molar-refractivity contribution in [1.29, 1.82) is 0 Å². The van der Waals surface area contributed by atoms with E-state index in [9.17, 15) is 5.53 Å². The lowest BCUT2D eigenvalue weighted by atomic mass is 9.77. The molecule has 0 atom stereocenters. The van der Waals surface area contributed by atoms with E-state index in [1.165, 1.54) is 60.0 Å². The normalized spacial score (nSPS) is 14.6. The molecule has 0 heterocycles. The first-order valence-electron chi connectivity index (χ1n) is 10.1. The number of fused-ring (bicyclic) bond motifs is 2. The number of rotatable bonds is 1. The van der Waals surface area contributed by atoms with Crippen LogP contribution in [0.25, 0.3) is 65.2 Å². The number of halogens is 1. The van der Waals surface area contributed by atoms with E-state index in [0.29, 0.717) is 0 Å². The topological polar surface area (TPSA) is 48.8 Å². The Bertz CT molecular complexity index is 1700. The molecule has 0 saturated carbocycles. The third kappa shape index (κ3) is 1.89. The maximum atomic E-state index is 9.30. The molecule has 140 valence electrons. The van der Waals surface area contributed by atoms with Gasteiger partial charge < -0.3 is 0 Å². The summed E-state index contributed by atoms with van der Waals surface area (Å²) in [6, 6.07) is 15.3. The predicted molar refractivity (Wildman–Crippen MR) is 135 cm³/mol. The Morgan fingerprint density at radius 2 is 1.77 bits per heavy atom. The first-order valence-corrected chi connectivity index (χ1v) is 11.1. The highest BCUT2D eigenvalue weighted by Crippen LogP contribution is 2.51. The van der Waals surface area contributed by atoms with E-state index in [2.05, 4.69) is 87.2 Å². The van der Waals surface area contributed by atoms with Crippen molar-refractivity contribution in [2.24, 2.45) is 5.11 Å². The first kappa shape index (κ1) is 16.7. The Hall–Kier alpha value is -3.08. The summed E-state index contributed by atoms with van der Waals surface area (Å²) in [4.78, 5) is 3.17. The van der Waals surface area contributed by atoms with Crippen LogP contribution in [-0.2, 0) is 6.42 Å². The van der Waals surface area contributed by atoms with E-state index < -0.39 is 0 Å². The largest absolute Gasteiger partial charge is 0.0795 e. The van der Waals surface area contributed by atoms with Crippen molar-refractivity contribution in [3.63, 3.8) is 0 Å². The van der Waals surface area contributed by atoms with E-state index in [0.717, 1.165) is 27.5 Å². The van der Waals surface area contributed by atoms with Crippen molar-refractivity contribution in [2.45, 2.75) is 12.8 Å². The van der Waals surface area contributed by atoms with Crippen LogP contribution in [-0.4, -0.2) is 0 Å². The number of nitrogens with zero attached hydrogens (tertiary/aromatic N) is 3. The van der Waals surface area contributed by atoms with Crippen LogP contribution in [0.1, 0.15) is 23.1 Å². The minimum Gasteiger partial charge on any atom is -0.0795 e. The van der Waals surface area contributed by atoms with Gasteiger partial charge in [-0.2, -0.15) is 0 Å². The van der Waals surface area contributed by atoms with Gasteiger partial charge in [0.2, 0.25) is 0 Å². The van der Waals surface area contributed by atoms with Gasteiger partial charge in [0, 0.05) is 13.9 Å². The molecule has 2 aliphatic rings. The van der Waals surface area contributed by atoms with Crippen molar-refractivity contribution in [1.82, 2.24) is 0 Å². The summed E-state index contributed by atoms with van der Waals surface area (Å²) in [7, 11) is 0. The fourth-order valence-electron chi connectivity index (χ4n) is 5.63. The second-order valence-electron chi connectivity index (χ2n) is 8.09. The molecule has 0 radical (unpaired) electrons.